The summed E-state index contributed by atoms with van der Waals surface area (Å²) in [4.78, 5) is 16.4. The average molecular weight is 294 g/mol. The highest BCUT2D eigenvalue weighted by Gasteiger charge is 2.25. The summed E-state index contributed by atoms with van der Waals surface area (Å²) in [5.41, 5.74) is 2.16. The summed E-state index contributed by atoms with van der Waals surface area (Å²) in [6.07, 6.45) is 8.08. The first-order valence-electron chi connectivity index (χ1n) is 7.62. The van der Waals surface area contributed by atoms with Gasteiger partial charge in [0.05, 0.1) is 18.6 Å². The molecule has 4 rings (SSSR count). The van der Waals surface area contributed by atoms with Crippen molar-refractivity contribution in [2.45, 2.75) is 32.0 Å². The number of fused-ring (bicyclic) bond motifs is 1. The fourth-order valence-electron chi connectivity index (χ4n) is 2.83. The maximum Gasteiger partial charge on any atom is 0.240 e. The molecule has 1 amide bonds. The molecule has 2 aromatic heterocycles. The molecule has 0 radical (unpaired) electrons. The minimum atomic E-state index is 0.0184. The van der Waals surface area contributed by atoms with Gasteiger partial charge in [-0.25, -0.2) is 4.98 Å². The molecule has 5 nitrogen and oxygen atoms in total. The molecule has 0 spiro atoms. The van der Waals surface area contributed by atoms with Crippen LogP contribution in [-0.2, 0) is 17.9 Å². The van der Waals surface area contributed by atoms with Crippen LogP contribution in [0.3, 0.4) is 0 Å². The number of benzene rings is 1. The first-order chi connectivity index (χ1) is 10.8. The summed E-state index contributed by atoms with van der Waals surface area (Å²) in [7, 11) is 0. The molecule has 22 heavy (non-hydrogen) atoms. The van der Waals surface area contributed by atoms with Gasteiger partial charge in [0.15, 0.2) is 0 Å². The van der Waals surface area contributed by atoms with Crippen LogP contribution in [0.15, 0.2) is 49.1 Å². The molecular weight excluding hydrogens is 276 g/mol. The van der Waals surface area contributed by atoms with E-state index in [1.807, 2.05) is 47.6 Å². The van der Waals surface area contributed by atoms with Crippen molar-refractivity contribution in [3.63, 3.8) is 0 Å². The van der Waals surface area contributed by atoms with Crippen molar-refractivity contribution < 1.29 is 4.79 Å². The van der Waals surface area contributed by atoms with Gasteiger partial charge in [0, 0.05) is 24.0 Å². The molecular formula is C17H18N4O. The van der Waals surface area contributed by atoms with Crippen LogP contribution in [-0.4, -0.2) is 20.0 Å². The molecule has 0 atom stereocenters. The Balaban J connectivity index is 1.41. The van der Waals surface area contributed by atoms with Crippen molar-refractivity contribution in [1.29, 1.82) is 0 Å². The zero-order valence-corrected chi connectivity index (χ0v) is 12.3. The van der Waals surface area contributed by atoms with Crippen LogP contribution in [0.5, 0.6) is 0 Å². The molecule has 1 fully saturated rings. The number of carbonyl (C=O) groups excluding carboxylic acids is 1. The van der Waals surface area contributed by atoms with Crippen molar-refractivity contribution in [2.75, 3.05) is 0 Å². The van der Waals surface area contributed by atoms with Gasteiger partial charge in [-0.05, 0) is 30.4 Å². The molecule has 0 unspecified atom stereocenters. The highest BCUT2D eigenvalue weighted by atomic mass is 16.1. The summed E-state index contributed by atoms with van der Waals surface area (Å²) < 4.78 is 4.15. The lowest BCUT2D eigenvalue weighted by Gasteiger charge is -2.09. The van der Waals surface area contributed by atoms with Gasteiger partial charge in [-0.15, -0.1) is 0 Å². The van der Waals surface area contributed by atoms with Gasteiger partial charge in [0.25, 0.3) is 0 Å². The average Bonchev–Trinajstić information content (AvgIpc) is 3.14. The molecule has 1 aliphatic rings. The molecule has 0 bridgehead atoms. The number of carbonyl (C=O) groups is 1. The van der Waals surface area contributed by atoms with Crippen LogP contribution >= 0.6 is 0 Å². The maximum atomic E-state index is 12.2. The lowest BCUT2D eigenvalue weighted by atomic mass is 10.2. The SMILES string of the molecule is O=C(Cn1ccc2ccccc21)NCc1cncn1C1CC1. The molecule has 5 heteroatoms. The lowest BCUT2D eigenvalue weighted by molar-refractivity contribution is -0.121. The van der Waals surface area contributed by atoms with Crippen LogP contribution < -0.4 is 5.32 Å². The van der Waals surface area contributed by atoms with Crippen LogP contribution in [0.25, 0.3) is 10.9 Å². The Morgan fingerprint density at radius 2 is 2.14 bits per heavy atom. The topological polar surface area (TPSA) is 51.9 Å². The fourth-order valence-corrected chi connectivity index (χ4v) is 2.83. The van der Waals surface area contributed by atoms with Crippen LogP contribution in [0.2, 0.25) is 0 Å². The number of aromatic nitrogens is 3. The quantitative estimate of drug-likeness (QED) is 0.786. The van der Waals surface area contributed by atoms with Gasteiger partial charge >= 0.3 is 0 Å². The smallest absolute Gasteiger partial charge is 0.240 e. The number of hydrogen-bond donors (Lipinski definition) is 1. The van der Waals surface area contributed by atoms with Gasteiger partial charge in [-0.1, -0.05) is 18.2 Å². The molecule has 1 aromatic carbocycles. The predicted molar refractivity (Wildman–Crippen MR) is 84.3 cm³/mol. The van der Waals surface area contributed by atoms with Gasteiger partial charge in [0.2, 0.25) is 5.91 Å². The first kappa shape index (κ1) is 13.1. The number of nitrogens with one attached hydrogen (secondary N) is 1. The third-order valence-electron chi connectivity index (χ3n) is 4.15. The molecule has 1 saturated carbocycles. The second-order valence-corrected chi connectivity index (χ2v) is 5.80. The minimum Gasteiger partial charge on any atom is -0.349 e. The van der Waals surface area contributed by atoms with E-state index < -0.39 is 0 Å². The van der Waals surface area contributed by atoms with E-state index in [1.165, 1.54) is 12.8 Å². The zero-order chi connectivity index (χ0) is 14.9. The number of para-hydroxylation sites is 1. The highest BCUT2D eigenvalue weighted by molar-refractivity contribution is 5.83. The highest BCUT2D eigenvalue weighted by Crippen LogP contribution is 2.35. The third kappa shape index (κ3) is 2.50. The number of rotatable bonds is 5. The molecule has 3 aromatic rings. The van der Waals surface area contributed by atoms with Crippen molar-refractivity contribution in [1.82, 2.24) is 19.4 Å². The van der Waals surface area contributed by atoms with E-state index in [2.05, 4.69) is 20.9 Å². The number of imidazole rings is 1. The molecule has 112 valence electrons. The Hall–Kier alpha value is -2.56. The fraction of sp³-hybridized carbons (Fsp3) is 0.294. The van der Waals surface area contributed by atoms with Crippen molar-refractivity contribution in [2.24, 2.45) is 0 Å². The summed E-state index contributed by atoms with van der Waals surface area (Å²) in [5, 5.41) is 4.15. The third-order valence-corrected chi connectivity index (χ3v) is 4.15. The van der Waals surface area contributed by atoms with Crippen molar-refractivity contribution in [3.8, 4) is 0 Å². The van der Waals surface area contributed by atoms with Gasteiger partial charge in [-0.3, -0.25) is 4.79 Å². The van der Waals surface area contributed by atoms with Crippen molar-refractivity contribution in [3.05, 3.63) is 54.7 Å². The van der Waals surface area contributed by atoms with Gasteiger partial charge in [-0.2, -0.15) is 0 Å². The first-order valence-corrected chi connectivity index (χ1v) is 7.62. The molecule has 2 heterocycles. The van der Waals surface area contributed by atoms with Gasteiger partial charge < -0.3 is 14.5 Å². The second-order valence-electron chi connectivity index (χ2n) is 5.80. The standard InChI is InChI=1S/C17H18N4O/c22-17(11-20-8-7-13-3-1-2-4-16(13)20)19-10-15-9-18-12-21(15)14-5-6-14/h1-4,7-9,12,14H,5-6,10-11H2,(H,19,22). The largest absolute Gasteiger partial charge is 0.349 e. The molecule has 0 aliphatic heterocycles. The Morgan fingerprint density at radius 3 is 3.00 bits per heavy atom. The zero-order valence-electron chi connectivity index (χ0n) is 12.3. The summed E-state index contributed by atoms with van der Waals surface area (Å²) in [6, 6.07) is 10.7. The van der Waals surface area contributed by atoms with E-state index in [0.29, 0.717) is 19.1 Å². The second kappa shape index (κ2) is 5.33. The monoisotopic (exact) mass is 294 g/mol. The van der Waals surface area contributed by atoms with Gasteiger partial charge in [0.1, 0.15) is 6.54 Å². The Kier molecular flexibility index (Phi) is 3.18. The van der Waals surface area contributed by atoms with E-state index in [-0.39, 0.29) is 5.91 Å². The Morgan fingerprint density at radius 1 is 1.27 bits per heavy atom. The number of hydrogen-bond acceptors (Lipinski definition) is 2. The summed E-state index contributed by atoms with van der Waals surface area (Å²) in [6.45, 7) is 0.875. The van der Waals surface area contributed by atoms with Crippen LogP contribution in [0, 0.1) is 0 Å². The van der Waals surface area contributed by atoms with Crippen LogP contribution in [0.4, 0.5) is 0 Å². The molecule has 0 saturated heterocycles. The Bertz CT molecular complexity index is 813. The van der Waals surface area contributed by atoms with E-state index in [4.69, 9.17) is 0 Å². The van der Waals surface area contributed by atoms with E-state index >= 15 is 0 Å². The summed E-state index contributed by atoms with van der Waals surface area (Å²) in [5.74, 6) is 0.0184. The van der Waals surface area contributed by atoms with E-state index in [1.54, 1.807) is 0 Å². The molecule has 1 N–H and O–H groups in total. The predicted octanol–water partition coefficient (Wildman–Crippen LogP) is 2.49. The van der Waals surface area contributed by atoms with Crippen LogP contribution in [0.1, 0.15) is 24.6 Å². The van der Waals surface area contributed by atoms with E-state index in [9.17, 15) is 4.79 Å². The number of nitrogens with zero attached hydrogens (tertiary/aromatic N) is 3. The number of amides is 1. The van der Waals surface area contributed by atoms with E-state index in [0.717, 1.165) is 16.6 Å². The molecule has 1 aliphatic carbocycles. The summed E-state index contributed by atoms with van der Waals surface area (Å²) >= 11 is 0. The normalized spacial score (nSPS) is 14.4. The lowest BCUT2D eigenvalue weighted by Crippen LogP contribution is -2.27. The minimum absolute atomic E-state index is 0.0184. The Labute approximate surface area is 128 Å². The van der Waals surface area contributed by atoms with Crippen molar-refractivity contribution >= 4 is 16.8 Å². The maximum absolute atomic E-state index is 12.2.